The number of benzene rings is 2. The Hall–Kier alpha value is -2.17. The predicted molar refractivity (Wildman–Crippen MR) is 125 cm³/mol. The molecule has 162 valence electrons. The molecule has 0 unspecified atom stereocenters. The summed E-state index contributed by atoms with van der Waals surface area (Å²) >= 11 is 11.2. The number of unbranched alkanes of at least 4 members (excludes halogenated alkanes) is 2. The summed E-state index contributed by atoms with van der Waals surface area (Å²) in [5.74, 6) is 1.73. The van der Waals surface area contributed by atoms with Gasteiger partial charge < -0.3 is 14.3 Å². The van der Waals surface area contributed by atoms with Crippen LogP contribution in [0.4, 0.5) is 0 Å². The van der Waals surface area contributed by atoms with Crippen molar-refractivity contribution >= 4 is 29.4 Å². The van der Waals surface area contributed by atoms with Crippen LogP contribution in [-0.4, -0.2) is 26.0 Å². The molecule has 0 aliphatic rings. The van der Waals surface area contributed by atoms with Gasteiger partial charge in [-0.15, -0.1) is 0 Å². The van der Waals surface area contributed by atoms with Crippen molar-refractivity contribution < 1.29 is 14.3 Å². The van der Waals surface area contributed by atoms with Gasteiger partial charge in [0.05, 0.1) is 12.8 Å². The smallest absolute Gasteiger partial charge is 0.125 e. The van der Waals surface area contributed by atoms with Crippen LogP contribution in [0.1, 0.15) is 42.9 Å². The number of ether oxygens (including phenoxy) is 2. The minimum atomic E-state index is 0.204. The average molecular weight is 450 g/mol. The fraction of sp³-hybridized carbons (Fsp3) is 0.375. The summed E-state index contributed by atoms with van der Waals surface area (Å²) in [7, 11) is 0. The maximum atomic E-state index is 6.06. The van der Waals surface area contributed by atoms with Crippen LogP contribution in [0.2, 0.25) is 0 Å². The van der Waals surface area contributed by atoms with Crippen molar-refractivity contribution in [2.45, 2.75) is 39.5 Å². The van der Waals surface area contributed by atoms with Crippen molar-refractivity contribution in [1.29, 1.82) is 0 Å². The summed E-state index contributed by atoms with van der Waals surface area (Å²) < 4.78 is 12.0. The molecule has 0 saturated heterocycles. The van der Waals surface area contributed by atoms with Gasteiger partial charge in [0, 0.05) is 0 Å². The van der Waals surface area contributed by atoms with Crippen LogP contribution >= 0.6 is 23.2 Å². The summed E-state index contributed by atoms with van der Waals surface area (Å²) in [6.45, 7) is 5.75. The van der Waals surface area contributed by atoms with Gasteiger partial charge in [-0.3, -0.25) is 0 Å². The second-order valence-electron chi connectivity index (χ2n) is 6.77. The average Bonchev–Trinajstić information content (AvgIpc) is 2.74. The van der Waals surface area contributed by atoms with E-state index in [0.29, 0.717) is 19.8 Å². The van der Waals surface area contributed by atoms with Crippen LogP contribution in [0.5, 0.6) is 11.5 Å². The lowest BCUT2D eigenvalue weighted by Gasteiger charge is -2.15. The largest absolute Gasteiger partial charge is 0.493 e. The van der Waals surface area contributed by atoms with Gasteiger partial charge >= 0.3 is 0 Å². The SMILES string of the molecule is CCc1cc(OCC=C(Cl)Cl)cc(C)c1OCCCCCON=Cc1ccccc1. The standard InChI is InChI=1S/C24H29Cl2NO3/c1-3-21-17-22(28-15-12-23(25)26)16-19(2)24(21)29-13-8-5-9-14-30-27-18-20-10-6-4-7-11-20/h4,6-7,10-12,16-18H,3,5,8-9,13-15H2,1-2H3. The van der Waals surface area contributed by atoms with Gasteiger partial charge in [-0.2, -0.15) is 0 Å². The van der Waals surface area contributed by atoms with Gasteiger partial charge in [0.2, 0.25) is 0 Å². The Morgan fingerprint density at radius 1 is 1.00 bits per heavy atom. The van der Waals surface area contributed by atoms with Gasteiger partial charge in [-0.25, -0.2) is 0 Å². The number of oxime groups is 1. The maximum absolute atomic E-state index is 6.06. The van der Waals surface area contributed by atoms with Gasteiger partial charge in [-0.05, 0) is 67.5 Å². The van der Waals surface area contributed by atoms with E-state index < -0.39 is 0 Å². The lowest BCUT2D eigenvalue weighted by molar-refractivity contribution is 0.140. The molecule has 0 aromatic heterocycles. The topological polar surface area (TPSA) is 40.0 Å². The molecule has 0 radical (unpaired) electrons. The number of hydrogen-bond acceptors (Lipinski definition) is 4. The molecule has 0 aliphatic heterocycles. The van der Waals surface area contributed by atoms with Gasteiger partial charge in [0.15, 0.2) is 0 Å². The van der Waals surface area contributed by atoms with Crippen LogP contribution in [0.15, 0.2) is 58.2 Å². The quantitative estimate of drug-likeness (QED) is 0.190. The lowest BCUT2D eigenvalue weighted by atomic mass is 10.1. The Morgan fingerprint density at radius 2 is 1.77 bits per heavy atom. The van der Waals surface area contributed by atoms with Gasteiger partial charge in [0.1, 0.15) is 29.2 Å². The Morgan fingerprint density at radius 3 is 2.50 bits per heavy atom. The van der Waals surface area contributed by atoms with E-state index in [2.05, 4.69) is 12.1 Å². The molecule has 0 N–H and O–H groups in total. The summed E-state index contributed by atoms with van der Waals surface area (Å²) in [6.07, 6.45) is 7.14. The van der Waals surface area contributed by atoms with Crippen molar-refractivity contribution in [1.82, 2.24) is 0 Å². The molecule has 6 heteroatoms. The Labute approximate surface area is 189 Å². The lowest BCUT2D eigenvalue weighted by Crippen LogP contribution is -2.04. The summed E-state index contributed by atoms with van der Waals surface area (Å²) in [5.41, 5.74) is 3.22. The molecule has 2 aromatic rings. The molecule has 2 aromatic carbocycles. The number of aryl methyl sites for hydroxylation is 2. The van der Waals surface area contributed by atoms with Crippen molar-refractivity contribution in [3.8, 4) is 11.5 Å². The number of rotatable bonds is 13. The van der Waals surface area contributed by atoms with Gasteiger partial charge in [-0.1, -0.05) is 65.6 Å². The molecule has 0 spiro atoms. The zero-order chi connectivity index (χ0) is 21.6. The molecule has 0 fully saturated rings. The molecule has 0 bridgehead atoms. The molecule has 0 atom stereocenters. The fourth-order valence-electron chi connectivity index (χ4n) is 2.87. The Balaban J connectivity index is 1.68. The van der Waals surface area contributed by atoms with E-state index in [4.69, 9.17) is 37.5 Å². The van der Waals surface area contributed by atoms with Crippen molar-refractivity contribution in [3.63, 3.8) is 0 Å². The predicted octanol–water partition coefficient (Wildman–Crippen LogP) is 6.86. The molecule has 0 saturated carbocycles. The molecular formula is C24H29Cl2NO3. The molecule has 2 rings (SSSR count). The highest BCUT2D eigenvalue weighted by molar-refractivity contribution is 6.55. The van der Waals surface area contributed by atoms with E-state index in [1.54, 1.807) is 12.3 Å². The van der Waals surface area contributed by atoms with Crippen LogP contribution in [0.25, 0.3) is 0 Å². The van der Waals surface area contributed by atoms with Crippen LogP contribution in [0.3, 0.4) is 0 Å². The third-order valence-electron chi connectivity index (χ3n) is 4.40. The zero-order valence-corrected chi connectivity index (χ0v) is 19.1. The second kappa shape index (κ2) is 13.9. The van der Waals surface area contributed by atoms with E-state index in [1.807, 2.05) is 49.4 Å². The molecule has 4 nitrogen and oxygen atoms in total. The molecular weight excluding hydrogens is 421 g/mol. The zero-order valence-electron chi connectivity index (χ0n) is 17.6. The molecule has 0 aliphatic carbocycles. The van der Waals surface area contributed by atoms with Crippen LogP contribution in [0, 0.1) is 6.92 Å². The van der Waals surface area contributed by atoms with E-state index >= 15 is 0 Å². The highest BCUT2D eigenvalue weighted by Crippen LogP contribution is 2.30. The van der Waals surface area contributed by atoms with E-state index in [1.165, 1.54) is 0 Å². The van der Waals surface area contributed by atoms with E-state index in [9.17, 15) is 0 Å². The maximum Gasteiger partial charge on any atom is 0.125 e. The van der Waals surface area contributed by atoms with Crippen molar-refractivity contribution in [3.05, 3.63) is 69.7 Å². The van der Waals surface area contributed by atoms with E-state index in [-0.39, 0.29) is 4.49 Å². The number of nitrogens with zero attached hydrogens (tertiary/aromatic N) is 1. The van der Waals surface area contributed by atoms with Crippen LogP contribution in [-0.2, 0) is 11.3 Å². The van der Waals surface area contributed by atoms with E-state index in [0.717, 1.165) is 53.9 Å². The minimum absolute atomic E-state index is 0.204. The molecule has 30 heavy (non-hydrogen) atoms. The highest BCUT2D eigenvalue weighted by Gasteiger charge is 2.09. The van der Waals surface area contributed by atoms with Crippen molar-refractivity contribution in [2.24, 2.45) is 5.16 Å². The second-order valence-corrected chi connectivity index (χ2v) is 7.78. The summed E-state index contributed by atoms with van der Waals surface area (Å²) in [6, 6.07) is 13.9. The molecule has 0 amide bonds. The van der Waals surface area contributed by atoms with Gasteiger partial charge in [0.25, 0.3) is 0 Å². The Bertz CT molecular complexity index is 819. The van der Waals surface area contributed by atoms with Crippen LogP contribution < -0.4 is 9.47 Å². The fourth-order valence-corrected chi connectivity index (χ4v) is 3.00. The molecule has 0 heterocycles. The minimum Gasteiger partial charge on any atom is -0.493 e. The first-order valence-electron chi connectivity index (χ1n) is 10.2. The number of halogens is 2. The summed E-state index contributed by atoms with van der Waals surface area (Å²) in [4.78, 5) is 5.31. The first kappa shape index (κ1) is 24.1. The third kappa shape index (κ3) is 9.10. The normalized spacial score (nSPS) is 10.8. The third-order valence-corrected chi connectivity index (χ3v) is 4.70. The monoisotopic (exact) mass is 449 g/mol. The highest BCUT2D eigenvalue weighted by atomic mass is 35.5. The first-order valence-corrected chi connectivity index (χ1v) is 11.0. The number of hydrogen-bond donors (Lipinski definition) is 0. The summed E-state index contributed by atoms with van der Waals surface area (Å²) in [5, 5.41) is 3.99. The first-order chi connectivity index (χ1) is 14.6. The Kier molecular flexibility index (Phi) is 11.2. The van der Waals surface area contributed by atoms with Crippen molar-refractivity contribution in [2.75, 3.05) is 19.8 Å².